The molecule has 0 saturated carbocycles. The van der Waals surface area contributed by atoms with Crippen LogP contribution in [-0.2, 0) is 10.8 Å². The molecular weight excluding hydrogens is 293 g/mol. The molecule has 1 fully saturated rings. The first-order chi connectivity index (χ1) is 9.99. The van der Waals surface area contributed by atoms with Gasteiger partial charge in [-0.3, -0.25) is 4.21 Å². The highest BCUT2D eigenvalue weighted by Gasteiger charge is 2.21. The number of hydrogen-bond donors (Lipinski definition) is 1. The van der Waals surface area contributed by atoms with E-state index in [1.54, 1.807) is 0 Å². The van der Waals surface area contributed by atoms with Crippen LogP contribution >= 0.6 is 0 Å². The Kier molecular flexibility index (Phi) is 5.47. The predicted octanol–water partition coefficient (Wildman–Crippen LogP) is 2.51. The number of carboxylic acids is 1. The molecule has 1 aliphatic rings. The maximum absolute atomic E-state index is 13.7. The number of piperidine rings is 1. The van der Waals surface area contributed by atoms with E-state index >= 15 is 0 Å². The summed E-state index contributed by atoms with van der Waals surface area (Å²) in [6.07, 6.45) is 4.17. The van der Waals surface area contributed by atoms with E-state index in [2.05, 4.69) is 11.9 Å². The lowest BCUT2D eigenvalue weighted by Crippen LogP contribution is -2.37. The third-order valence-electron chi connectivity index (χ3n) is 3.98. The monoisotopic (exact) mass is 313 g/mol. The zero-order chi connectivity index (χ0) is 15.4. The summed E-state index contributed by atoms with van der Waals surface area (Å²) in [6, 6.07) is 3.82. The number of rotatable bonds is 5. The molecule has 2 atom stereocenters. The Labute approximate surface area is 126 Å². The molecule has 0 spiro atoms. The summed E-state index contributed by atoms with van der Waals surface area (Å²) in [5.74, 6) is -1.38. The number of benzene rings is 1. The van der Waals surface area contributed by atoms with Gasteiger partial charge in [0.15, 0.2) is 0 Å². The minimum atomic E-state index is -1.50. The fourth-order valence-corrected chi connectivity index (χ4v) is 3.92. The highest BCUT2D eigenvalue weighted by molar-refractivity contribution is 7.85. The first kappa shape index (κ1) is 16.1. The topological polar surface area (TPSA) is 57.6 Å². The molecule has 0 amide bonds. The van der Waals surface area contributed by atoms with E-state index in [1.807, 2.05) is 0 Å². The van der Waals surface area contributed by atoms with E-state index in [4.69, 9.17) is 5.11 Å². The summed E-state index contributed by atoms with van der Waals surface area (Å²) in [5, 5.41) is 8.92. The predicted molar refractivity (Wildman–Crippen MR) is 79.5 cm³/mol. The Balaban J connectivity index is 2.02. The number of nitrogens with zero attached hydrogens (tertiary/aromatic N) is 1. The molecule has 0 aromatic heterocycles. The number of halogens is 1. The average Bonchev–Trinajstić information content (AvgIpc) is 2.46. The standard InChI is InChI=1S/C15H20FNO3S/c1-17-8-3-2-4-12(17)7-9-21(20)14-10-11(15(18)19)5-6-13(14)16/h5-6,10,12H,2-4,7-9H2,1H3,(H,18,19). The Morgan fingerprint density at radius 2 is 2.24 bits per heavy atom. The van der Waals surface area contributed by atoms with Crippen molar-refractivity contribution in [3.05, 3.63) is 29.6 Å². The molecule has 116 valence electrons. The molecule has 0 radical (unpaired) electrons. The van der Waals surface area contributed by atoms with Crippen LogP contribution in [0.2, 0.25) is 0 Å². The maximum atomic E-state index is 13.7. The first-order valence-corrected chi connectivity index (χ1v) is 8.42. The molecule has 2 unspecified atom stereocenters. The molecule has 2 rings (SSSR count). The molecule has 0 bridgehead atoms. The SMILES string of the molecule is CN1CCCCC1CCS(=O)c1cc(C(=O)O)ccc1F. The second kappa shape index (κ2) is 7.13. The lowest BCUT2D eigenvalue weighted by molar-refractivity contribution is 0.0696. The zero-order valence-corrected chi connectivity index (χ0v) is 12.9. The lowest BCUT2D eigenvalue weighted by Gasteiger charge is -2.32. The van der Waals surface area contributed by atoms with Crippen LogP contribution in [0, 0.1) is 5.82 Å². The van der Waals surface area contributed by atoms with Gasteiger partial charge in [0.1, 0.15) is 5.82 Å². The van der Waals surface area contributed by atoms with Crippen molar-refractivity contribution in [3.8, 4) is 0 Å². The van der Waals surface area contributed by atoms with Crippen LogP contribution in [0.5, 0.6) is 0 Å². The highest BCUT2D eigenvalue weighted by Crippen LogP contribution is 2.21. The molecule has 0 aliphatic carbocycles. The van der Waals surface area contributed by atoms with Crippen LogP contribution in [0.3, 0.4) is 0 Å². The van der Waals surface area contributed by atoms with Crippen LogP contribution in [0.1, 0.15) is 36.0 Å². The minimum absolute atomic E-state index is 0.00615. The van der Waals surface area contributed by atoms with E-state index < -0.39 is 22.6 Å². The largest absolute Gasteiger partial charge is 0.478 e. The van der Waals surface area contributed by atoms with E-state index in [0.29, 0.717) is 11.8 Å². The van der Waals surface area contributed by atoms with Crippen LogP contribution in [0.15, 0.2) is 23.1 Å². The van der Waals surface area contributed by atoms with Gasteiger partial charge in [-0.15, -0.1) is 0 Å². The molecule has 1 aliphatic heterocycles. The van der Waals surface area contributed by atoms with E-state index in [9.17, 15) is 13.4 Å². The Morgan fingerprint density at radius 1 is 1.48 bits per heavy atom. The number of likely N-dealkylation sites (tertiary alicyclic amines) is 1. The Morgan fingerprint density at radius 3 is 2.90 bits per heavy atom. The maximum Gasteiger partial charge on any atom is 0.335 e. The second-order valence-corrected chi connectivity index (χ2v) is 6.96. The van der Waals surface area contributed by atoms with Crippen molar-refractivity contribution in [2.75, 3.05) is 19.3 Å². The van der Waals surface area contributed by atoms with Gasteiger partial charge in [0.2, 0.25) is 0 Å². The molecule has 1 saturated heterocycles. The van der Waals surface area contributed by atoms with E-state index in [-0.39, 0.29) is 10.5 Å². The summed E-state index contributed by atoms with van der Waals surface area (Å²) in [6.45, 7) is 1.04. The molecule has 4 nitrogen and oxygen atoms in total. The van der Waals surface area contributed by atoms with Gasteiger partial charge in [-0.1, -0.05) is 6.42 Å². The summed E-state index contributed by atoms with van der Waals surface area (Å²) < 4.78 is 26.0. The van der Waals surface area contributed by atoms with Crippen molar-refractivity contribution in [2.24, 2.45) is 0 Å². The Bertz CT molecular complexity index is 550. The fourth-order valence-electron chi connectivity index (χ4n) is 2.67. The van der Waals surface area contributed by atoms with Crippen molar-refractivity contribution in [1.82, 2.24) is 4.90 Å². The van der Waals surface area contributed by atoms with Crippen LogP contribution in [0.4, 0.5) is 4.39 Å². The molecule has 1 aromatic carbocycles. The van der Waals surface area contributed by atoms with Crippen molar-refractivity contribution >= 4 is 16.8 Å². The second-order valence-electron chi connectivity index (χ2n) is 5.42. The summed E-state index contributed by atoms with van der Waals surface area (Å²) >= 11 is 0. The third-order valence-corrected chi connectivity index (χ3v) is 5.39. The van der Waals surface area contributed by atoms with Gasteiger partial charge in [0.25, 0.3) is 0 Å². The van der Waals surface area contributed by atoms with Crippen LogP contribution in [-0.4, -0.2) is 45.6 Å². The average molecular weight is 313 g/mol. The van der Waals surface area contributed by atoms with E-state index in [0.717, 1.165) is 25.5 Å². The van der Waals surface area contributed by atoms with E-state index in [1.165, 1.54) is 25.0 Å². The molecular formula is C15H20FNO3S. The van der Waals surface area contributed by atoms with Crippen molar-refractivity contribution in [3.63, 3.8) is 0 Å². The Hall–Kier alpha value is -1.27. The van der Waals surface area contributed by atoms with Gasteiger partial charge in [-0.05, 0) is 51.1 Å². The normalized spacial score (nSPS) is 21.1. The summed E-state index contributed by atoms with van der Waals surface area (Å²) in [5.41, 5.74) is -0.0328. The lowest BCUT2D eigenvalue weighted by atomic mass is 10.0. The van der Waals surface area contributed by atoms with Gasteiger partial charge < -0.3 is 10.0 Å². The first-order valence-electron chi connectivity index (χ1n) is 7.10. The number of hydrogen-bond acceptors (Lipinski definition) is 3. The van der Waals surface area contributed by atoms with Gasteiger partial charge in [-0.2, -0.15) is 0 Å². The molecule has 1 aromatic rings. The van der Waals surface area contributed by atoms with Crippen molar-refractivity contribution in [1.29, 1.82) is 0 Å². The highest BCUT2D eigenvalue weighted by atomic mass is 32.2. The van der Waals surface area contributed by atoms with Crippen LogP contribution in [0.25, 0.3) is 0 Å². The molecule has 6 heteroatoms. The van der Waals surface area contributed by atoms with Gasteiger partial charge in [0.05, 0.1) is 21.3 Å². The zero-order valence-electron chi connectivity index (χ0n) is 12.0. The van der Waals surface area contributed by atoms with Crippen molar-refractivity contribution < 1.29 is 18.5 Å². The number of carbonyl (C=O) groups is 1. The molecule has 21 heavy (non-hydrogen) atoms. The van der Waals surface area contributed by atoms with Crippen LogP contribution < -0.4 is 0 Å². The quantitative estimate of drug-likeness (QED) is 0.907. The third kappa shape index (κ3) is 4.11. The van der Waals surface area contributed by atoms with Crippen molar-refractivity contribution in [2.45, 2.75) is 36.6 Å². The summed E-state index contributed by atoms with van der Waals surface area (Å²) in [4.78, 5) is 13.2. The molecule has 1 N–H and O–H groups in total. The number of carboxylic acid groups (broad SMARTS) is 1. The number of aromatic carboxylic acids is 1. The molecule has 1 heterocycles. The minimum Gasteiger partial charge on any atom is -0.478 e. The smallest absolute Gasteiger partial charge is 0.335 e. The van der Waals surface area contributed by atoms with Gasteiger partial charge >= 0.3 is 5.97 Å². The van der Waals surface area contributed by atoms with Gasteiger partial charge in [0, 0.05) is 11.8 Å². The fraction of sp³-hybridized carbons (Fsp3) is 0.533. The van der Waals surface area contributed by atoms with Gasteiger partial charge in [-0.25, -0.2) is 9.18 Å². The summed E-state index contributed by atoms with van der Waals surface area (Å²) in [7, 11) is 0.551.